The lowest BCUT2D eigenvalue weighted by atomic mass is 10.0. The Kier molecular flexibility index (Phi) is 11.0. The van der Waals surface area contributed by atoms with Crippen LogP contribution in [0.5, 0.6) is 5.75 Å². The molecular weight excluding hydrogens is 484 g/mol. The minimum absolute atomic E-state index is 0.0677. The van der Waals surface area contributed by atoms with Crippen molar-refractivity contribution in [1.29, 1.82) is 0 Å². The van der Waals surface area contributed by atoms with E-state index in [1.807, 2.05) is 67.6 Å². The van der Waals surface area contributed by atoms with E-state index in [1.165, 1.54) is 0 Å². The molecule has 2 amide bonds. The Hall–Kier alpha value is -3.31. The van der Waals surface area contributed by atoms with Crippen molar-refractivity contribution in [1.82, 2.24) is 10.2 Å². The van der Waals surface area contributed by atoms with E-state index in [0.29, 0.717) is 49.2 Å². The van der Waals surface area contributed by atoms with Gasteiger partial charge in [0.2, 0.25) is 11.8 Å². The molecule has 3 rings (SSSR count). The van der Waals surface area contributed by atoms with Crippen molar-refractivity contribution >= 4 is 23.4 Å². The predicted octanol–water partition coefficient (Wildman–Crippen LogP) is 6.22. The number of ether oxygens (including phenoxy) is 1. The zero-order chi connectivity index (χ0) is 26.6. The molecule has 0 fully saturated rings. The van der Waals surface area contributed by atoms with Gasteiger partial charge in [-0.15, -0.1) is 0 Å². The highest BCUT2D eigenvalue weighted by Gasteiger charge is 2.30. The number of amides is 2. The van der Waals surface area contributed by atoms with E-state index in [0.717, 1.165) is 16.7 Å². The molecule has 196 valence electrons. The quantitative estimate of drug-likeness (QED) is 0.272. The second-order valence-corrected chi connectivity index (χ2v) is 10.2. The van der Waals surface area contributed by atoms with Crippen molar-refractivity contribution in [2.45, 2.75) is 52.6 Å². The van der Waals surface area contributed by atoms with Gasteiger partial charge in [-0.3, -0.25) is 9.59 Å². The van der Waals surface area contributed by atoms with Gasteiger partial charge in [0.15, 0.2) is 0 Å². The van der Waals surface area contributed by atoms with Gasteiger partial charge in [0.05, 0.1) is 6.61 Å². The van der Waals surface area contributed by atoms with Gasteiger partial charge in [0.25, 0.3) is 0 Å². The van der Waals surface area contributed by atoms with Crippen LogP contribution in [-0.4, -0.2) is 35.9 Å². The summed E-state index contributed by atoms with van der Waals surface area (Å²) in [6, 6.07) is 24.5. The molecule has 1 atom stereocenters. The number of nitrogens with one attached hydrogen (secondary N) is 1. The van der Waals surface area contributed by atoms with Crippen LogP contribution in [0.1, 0.15) is 43.4 Å². The Morgan fingerprint density at radius 1 is 0.946 bits per heavy atom. The summed E-state index contributed by atoms with van der Waals surface area (Å²) < 4.78 is 5.78. The molecule has 0 radical (unpaired) electrons. The smallest absolute Gasteiger partial charge is 0.243 e. The minimum Gasteiger partial charge on any atom is -0.494 e. The van der Waals surface area contributed by atoms with Gasteiger partial charge in [-0.1, -0.05) is 85.6 Å². The summed E-state index contributed by atoms with van der Waals surface area (Å²) in [5.74, 6) is 0.827. The second-order valence-electron chi connectivity index (χ2n) is 9.76. The fourth-order valence-corrected chi connectivity index (χ4v) is 4.20. The normalized spacial score (nSPS) is 11.7. The maximum Gasteiger partial charge on any atom is 0.243 e. The van der Waals surface area contributed by atoms with E-state index in [4.69, 9.17) is 16.3 Å². The lowest BCUT2D eigenvalue weighted by Crippen LogP contribution is -2.51. The first kappa shape index (κ1) is 28.3. The highest BCUT2D eigenvalue weighted by atomic mass is 35.5. The molecule has 0 spiro atoms. The molecular formula is C31H37ClN2O3. The number of rotatable bonds is 13. The summed E-state index contributed by atoms with van der Waals surface area (Å²) in [6.07, 6.45) is 1.27. The molecule has 0 saturated heterocycles. The lowest BCUT2D eigenvalue weighted by molar-refractivity contribution is -0.141. The molecule has 0 aliphatic rings. The van der Waals surface area contributed by atoms with E-state index < -0.39 is 6.04 Å². The van der Waals surface area contributed by atoms with Crippen LogP contribution in [0.2, 0.25) is 5.02 Å². The maximum atomic E-state index is 13.6. The summed E-state index contributed by atoms with van der Waals surface area (Å²) in [4.78, 5) is 28.8. The van der Waals surface area contributed by atoms with E-state index in [1.54, 1.807) is 17.0 Å². The molecule has 5 nitrogen and oxygen atoms in total. The third kappa shape index (κ3) is 9.58. The summed E-state index contributed by atoms with van der Waals surface area (Å²) in [7, 11) is 0. The Morgan fingerprint density at radius 2 is 1.65 bits per heavy atom. The zero-order valence-electron chi connectivity index (χ0n) is 22.0. The third-order valence-corrected chi connectivity index (χ3v) is 6.26. The molecule has 0 bridgehead atoms. The van der Waals surface area contributed by atoms with Crippen LogP contribution < -0.4 is 10.1 Å². The van der Waals surface area contributed by atoms with E-state index in [9.17, 15) is 9.59 Å². The van der Waals surface area contributed by atoms with Gasteiger partial charge in [0.1, 0.15) is 11.8 Å². The first-order valence-corrected chi connectivity index (χ1v) is 13.2. The van der Waals surface area contributed by atoms with Gasteiger partial charge in [-0.05, 0) is 54.7 Å². The van der Waals surface area contributed by atoms with E-state index in [-0.39, 0.29) is 18.2 Å². The van der Waals surface area contributed by atoms with Crippen LogP contribution in [0.3, 0.4) is 0 Å². The summed E-state index contributed by atoms with van der Waals surface area (Å²) >= 11 is 5.94. The molecule has 1 N–H and O–H groups in total. The average Bonchev–Trinajstić information content (AvgIpc) is 2.88. The third-order valence-electron chi connectivity index (χ3n) is 6.01. The zero-order valence-corrected chi connectivity index (χ0v) is 22.7. The van der Waals surface area contributed by atoms with Crippen molar-refractivity contribution in [3.05, 3.63) is 101 Å². The van der Waals surface area contributed by atoms with Crippen molar-refractivity contribution in [2.75, 3.05) is 13.2 Å². The highest BCUT2D eigenvalue weighted by Crippen LogP contribution is 2.19. The second kappa shape index (κ2) is 14.4. The first-order chi connectivity index (χ1) is 17.8. The number of aryl methyl sites for hydroxylation is 1. The molecule has 37 heavy (non-hydrogen) atoms. The summed E-state index contributed by atoms with van der Waals surface area (Å²) in [5, 5.41) is 3.71. The minimum atomic E-state index is -0.619. The van der Waals surface area contributed by atoms with Crippen LogP contribution in [0.25, 0.3) is 0 Å². The van der Waals surface area contributed by atoms with E-state index in [2.05, 4.69) is 25.2 Å². The highest BCUT2D eigenvalue weighted by molar-refractivity contribution is 6.30. The monoisotopic (exact) mass is 520 g/mol. The number of nitrogens with zero attached hydrogens (tertiary/aromatic N) is 1. The van der Waals surface area contributed by atoms with Crippen molar-refractivity contribution in [3.63, 3.8) is 0 Å². The fourth-order valence-electron chi connectivity index (χ4n) is 4.07. The van der Waals surface area contributed by atoms with Crippen LogP contribution in [0, 0.1) is 12.8 Å². The molecule has 3 aromatic rings. The molecule has 0 aromatic heterocycles. The predicted molar refractivity (Wildman–Crippen MR) is 150 cm³/mol. The number of hydrogen-bond donors (Lipinski definition) is 1. The lowest BCUT2D eigenvalue weighted by Gasteiger charge is -2.32. The van der Waals surface area contributed by atoms with Gasteiger partial charge in [0, 0.05) is 31.0 Å². The van der Waals surface area contributed by atoms with Crippen LogP contribution >= 0.6 is 11.6 Å². The fraction of sp³-hybridized carbons (Fsp3) is 0.355. The number of halogens is 1. The molecule has 0 aliphatic carbocycles. The molecule has 3 aromatic carbocycles. The molecule has 6 heteroatoms. The molecule has 0 saturated carbocycles. The Labute approximate surface area is 225 Å². The van der Waals surface area contributed by atoms with Crippen molar-refractivity contribution in [2.24, 2.45) is 5.92 Å². The Morgan fingerprint density at radius 3 is 2.32 bits per heavy atom. The number of benzene rings is 3. The van der Waals surface area contributed by atoms with Crippen molar-refractivity contribution < 1.29 is 14.3 Å². The van der Waals surface area contributed by atoms with E-state index >= 15 is 0 Å². The largest absolute Gasteiger partial charge is 0.494 e. The standard InChI is InChI=1S/C31H37ClN2O3/c1-23(2)21-33-31(36)29(20-25-10-5-4-6-11-25)34(22-26-12-7-9-24(3)19-26)30(35)13-8-18-37-28-16-14-27(32)15-17-28/h4-7,9-12,14-17,19,23,29H,8,13,18,20-22H2,1-3H3,(H,33,36). The Balaban J connectivity index is 1.78. The van der Waals surface area contributed by atoms with Gasteiger partial charge >= 0.3 is 0 Å². The average molecular weight is 521 g/mol. The summed E-state index contributed by atoms with van der Waals surface area (Å²) in [5.41, 5.74) is 3.13. The SMILES string of the molecule is Cc1cccc(CN(C(=O)CCCOc2ccc(Cl)cc2)C(Cc2ccccc2)C(=O)NCC(C)C)c1. The van der Waals surface area contributed by atoms with Crippen LogP contribution in [0.15, 0.2) is 78.9 Å². The van der Waals surface area contributed by atoms with Crippen LogP contribution in [-0.2, 0) is 22.6 Å². The van der Waals surface area contributed by atoms with Gasteiger partial charge in [-0.25, -0.2) is 0 Å². The van der Waals surface area contributed by atoms with Gasteiger partial charge < -0.3 is 15.0 Å². The summed E-state index contributed by atoms with van der Waals surface area (Å²) in [6.45, 7) is 7.47. The maximum absolute atomic E-state index is 13.6. The number of carbonyl (C=O) groups is 2. The molecule has 1 unspecified atom stereocenters. The Bertz CT molecular complexity index is 1130. The topological polar surface area (TPSA) is 58.6 Å². The molecule has 0 aliphatic heterocycles. The first-order valence-electron chi connectivity index (χ1n) is 12.9. The van der Waals surface area contributed by atoms with Crippen LogP contribution in [0.4, 0.5) is 0 Å². The van der Waals surface area contributed by atoms with Gasteiger partial charge in [-0.2, -0.15) is 0 Å². The number of hydrogen-bond acceptors (Lipinski definition) is 3. The number of carbonyl (C=O) groups excluding carboxylic acids is 2. The molecule has 0 heterocycles. The van der Waals surface area contributed by atoms with Crippen molar-refractivity contribution in [3.8, 4) is 5.75 Å².